The van der Waals surface area contributed by atoms with Crippen molar-refractivity contribution in [1.82, 2.24) is 9.62 Å². The third-order valence-corrected chi connectivity index (χ3v) is 6.45. The summed E-state index contributed by atoms with van der Waals surface area (Å²) in [6, 6.07) is 4.74. The van der Waals surface area contributed by atoms with Gasteiger partial charge in [0.25, 0.3) is 5.91 Å². The summed E-state index contributed by atoms with van der Waals surface area (Å²) in [5.41, 5.74) is 0.353. The van der Waals surface area contributed by atoms with Crippen molar-refractivity contribution >= 4 is 31.9 Å². The maximum atomic E-state index is 12.2. The average Bonchev–Trinajstić information content (AvgIpc) is 3.22. The van der Waals surface area contributed by atoms with Crippen LogP contribution >= 0.6 is 15.9 Å². The smallest absolute Gasteiger partial charge is 0.251 e. The molecule has 0 aromatic heterocycles. The Morgan fingerprint density at radius 3 is 2.52 bits per heavy atom. The van der Waals surface area contributed by atoms with Crippen LogP contribution in [-0.4, -0.2) is 38.8 Å². The molecule has 7 heteroatoms. The van der Waals surface area contributed by atoms with Gasteiger partial charge in [-0.05, 0) is 59.8 Å². The van der Waals surface area contributed by atoms with Gasteiger partial charge in [0.2, 0.25) is 10.0 Å². The predicted octanol–water partition coefficient (Wildman–Crippen LogP) is 2.23. The lowest BCUT2D eigenvalue weighted by Gasteiger charge is -2.16. The molecule has 0 radical (unpaired) electrons. The van der Waals surface area contributed by atoms with E-state index in [1.54, 1.807) is 12.1 Å². The van der Waals surface area contributed by atoms with Crippen LogP contribution in [0, 0.1) is 5.92 Å². The topological polar surface area (TPSA) is 66.5 Å². The fourth-order valence-corrected chi connectivity index (χ4v) is 3.89. The zero-order valence-corrected chi connectivity index (χ0v) is 14.7. The largest absolute Gasteiger partial charge is 0.349 e. The number of halogens is 1. The van der Waals surface area contributed by atoms with Gasteiger partial charge in [-0.25, -0.2) is 12.7 Å². The first-order valence-corrected chi connectivity index (χ1v) is 8.99. The molecule has 1 aromatic carbocycles. The van der Waals surface area contributed by atoms with E-state index < -0.39 is 10.0 Å². The quantitative estimate of drug-likeness (QED) is 0.858. The molecular weight excluding hydrogens is 356 g/mol. The molecule has 1 N–H and O–H groups in total. The van der Waals surface area contributed by atoms with Gasteiger partial charge in [-0.15, -0.1) is 0 Å². The highest BCUT2D eigenvalue weighted by atomic mass is 79.9. The number of nitrogens with one attached hydrogen (secondary N) is 1. The number of carbonyl (C=O) groups is 1. The number of rotatable bonds is 5. The summed E-state index contributed by atoms with van der Waals surface area (Å²) in [4.78, 5) is 12.3. The molecule has 5 nitrogen and oxygen atoms in total. The molecule has 0 aliphatic heterocycles. The molecule has 1 aromatic rings. The van der Waals surface area contributed by atoms with Gasteiger partial charge in [-0.1, -0.05) is 0 Å². The van der Waals surface area contributed by atoms with Gasteiger partial charge in [-0.3, -0.25) is 4.79 Å². The number of hydrogen-bond acceptors (Lipinski definition) is 3. The molecule has 1 amide bonds. The van der Waals surface area contributed by atoms with Crippen molar-refractivity contribution in [1.29, 1.82) is 0 Å². The van der Waals surface area contributed by atoms with E-state index in [1.165, 1.54) is 20.2 Å². The zero-order chi connectivity index (χ0) is 15.8. The van der Waals surface area contributed by atoms with Crippen LogP contribution in [0.5, 0.6) is 0 Å². The van der Waals surface area contributed by atoms with Crippen molar-refractivity contribution in [2.24, 2.45) is 5.92 Å². The maximum Gasteiger partial charge on any atom is 0.251 e. The number of nitrogens with zero attached hydrogens (tertiary/aromatic N) is 1. The standard InChI is InChI=1S/C14H19BrN2O3S/c1-9(10-4-5-10)16-14(18)11-6-7-12(15)13(8-11)21(19,20)17(2)3/h6-10H,4-5H2,1-3H3,(H,16,18). The molecule has 0 saturated heterocycles. The van der Waals surface area contributed by atoms with Gasteiger partial charge < -0.3 is 5.32 Å². The molecular formula is C14H19BrN2O3S. The minimum absolute atomic E-state index is 0.0965. The van der Waals surface area contributed by atoms with Gasteiger partial charge in [0.05, 0.1) is 4.90 Å². The van der Waals surface area contributed by atoms with Crippen molar-refractivity contribution in [3.8, 4) is 0 Å². The van der Waals surface area contributed by atoms with Crippen LogP contribution in [0.2, 0.25) is 0 Å². The Kier molecular flexibility index (Phi) is 4.75. The summed E-state index contributed by atoms with van der Waals surface area (Å²) in [7, 11) is -0.666. The highest BCUT2D eigenvalue weighted by Gasteiger charge is 2.29. The minimum atomic E-state index is -3.59. The van der Waals surface area contributed by atoms with Crippen molar-refractivity contribution in [3.05, 3.63) is 28.2 Å². The summed E-state index contributed by atoms with van der Waals surface area (Å²) >= 11 is 3.23. The Hall–Kier alpha value is -0.920. The van der Waals surface area contributed by atoms with E-state index in [0.29, 0.717) is 16.0 Å². The van der Waals surface area contributed by atoms with Gasteiger partial charge in [0.1, 0.15) is 0 Å². The van der Waals surface area contributed by atoms with Gasteiger partial charge in [0.15, 0.2) is 0 Å². The number of hydrogen-bond donors (Lipinski definition) is 1. The lowest BCUT2D eigenvalue weighted by Crippen LogP contribution is -2.34. The third kappa shape index (κ3) is 3.64. The Morgan fingerprint density at radius 1 is 1.38 bits per heavy atom. The summed E-state index contributed by atoms with van der Waals surface area (Å²) in [5, 5.41) is 2.92. The lowest BCUT2D eigenvalue weighted by molar-refractivity contribution is 0.0935. The second kappa shape index (κ2) is 6.06. The average molecular weight is 375 g/mol. The van der Waals surface area contributed by atoms with Crippen molar-refractivity contribution in [3.63, 3.8) is 0 Å². The first-order valence-electron chi connectivity index (χ1n) is 6.76. The van der Waals surface area contributed by atoms with E-state index in [9.17, 15) is 13.2 Å². The second-order valence-electron chi connectivity index (χ2n) is 5.53. The minimum Gasteiger partial charge on any atom is -0.349 e. The van der Waals surface area contributed by atoms with Crippen molar-refractivity contribution in [2.45, 2.75) is 30.7 Å². The maximum absolute atomic E-state index is 12.2. The first kappa shape index (κ1) is 16.5. The third-order valence-electron chi connectivity index (χ3n) is 3.64. The number of carbonyl (C=O) groups excluding carboxylic acids is 1. The van der Waals surface area contributed by atoms with Crippen LogP contribution < -0.4 is 5.32 Å². The molecule has 1 fully saturated rings. The highest BCUT2D eigenvalue weighted by Crippen LogP contribution is 2.32. The highest BCUT2D eigenvalue weighted by molar-refractivity contribution is 9.10. The zero-order valence-electron chi connectivity index (χ0n) is 12.3. The summed E-state index contributed by atoms with van der Waals surface area (Å²) in [6.45, 7) is 1.98. The molecule has 0 bridgehead atoms. The Bertz CT molecular complexity index is 654. The Morgan fingerprint density at radius 2 is 2.00 bits per heavy atom. The van der Waals surface area contributed by atoms with Gasteiger partial charge >= 0.3 is 0 Å². The first-order chi connectivity index (χ1) is 9.73. The number of sulfonamides is 1. The summed E-state index contributed by atoms with van der Waals surface area (Å²) in [5.74, 6) is 0.312. The van der Waals surface area contributed by atoms with E-state index >= 15 is 0 Å². The van der Waals surface area contributed by atoms with Gasteiger partial charge in [0, 0.05) is 30.2 Å². The molecule has 1 aliphatic carbocycles. The molecule has 0 heterocycles. The predicted molar refractivity (Wildman–Crippen MR) is 84.7 cm³/mol. The fraction of sp³-hybridized carbons (Fsp3) is 0.500. The fourth-order valence-electron chi connectivity index (χ4n) is 2.04. The SMILES string of the molecule is CC(NC(=O)c1ccc(Br)c(S(=O)(=O)N(C)C)c1)C1CC1. The van der Waals surface area contributed by atoms with E-state index in [2.05, 4.69) is 21.2 Å². The lowest BCUT2D eigenvalue weighted by atomic mass is 10.1. The van der Waals surface area contributed by atoms with Gasteiger partial charge in [-0.2, -0.15) is 0 Å². The van der Waals surface area contributed by atoms with Crippen LogP contribution in [0.15, 0.2) is 27.6 Å². The van der Waals surface area contributed by atoms with Crippen LogP contribution in [0.25, 0.3) is 0 Å². The molecule has 1 saturated carbocycles. The van der Waals surface area contributed by atoms with Crippen LogP contribution in [-0.2, 0) is 10.0 Å². The normalized spacial score (nSPS) is 16.8. The molecule has 1 aliphatic rings. The second-order valence-corrected chi connectivity index (χ2v) is 8.51. The Labute approximate surface area is 133 Å². The van der Waals surface area contributed by atoms with Crippen molar-refractivity contribution in [2.75, 3.05) is 14.1 Å². The van der Waals surface area contributed by atoms with E-state index in [-0.39, 0.29) is 16.8 Å². The monoisotopic (exact) mass is 374 g/mol. The van der Waals surface area contributed by atoms with Crippen LogP contribution in [0.1, 0.15) is 30.1 Å². The van der Waals surface area contributed by atoms with Crippen LogP contribution in [0.3, 0.4) is 0 Å². The molecule has 1 atom stereocenters. The molecule has 116 valence electrons. The molecule has 1 unspecified atom stereocenters. The van der Waals surface area contributed by atoms with E-state index in [1.807, 2.05) is 6.92 Å². The van der Waals surface area contributed by atoms with Crippen molar-refractivity contribution < 1.29 is 13.2 Å². The summed E-state index contributed by atoms with van der Waals surface area (Å²) < 4.78 is 26.0. The number of amides is 1. The molecule has 0 spiro atoms. The summed E-state index contributed by atoms with van der Waals surface area (Å²) in [6.07, 6.45) is 2.28. The van der Waals surface area contributed by atoms with Crippen LogP contribution in [0.4, 0.5) is 0 Å². The number of benzene rings is 1. The van der Waals surface area contributed by atoms with E-state index in [0.717, 1.165) is 17.1 Å². The molecule has 21 heavy (non-hydrogen) atoms. The Balaban J connectivity index is 2.28. The van der Waals surface area contributed by atoms with E-state index in [4.69, 9.17) is 0 Å². The molecule has 2 rings (SSSR count).